The molecule has 2 aromatic heterocycles. The topological polar surface area (TPSA) is 91.8 Å². The minimum atomic E-state index is -4.45. The SMILES string of the molecule is COc1cccc(-c2nnn(Cc3nc(-c4cccc(C(F)(F)F)c4)no3)n2)c1. The van der Waals surface area contributed by atoms with Crippen LogP contribution in [0.15, 0.2) is 53.1 Å². The van der Waals surface area contributed by atoms with Gasteiger partial charge in [-0.3, -0.25) is 0 Å². The minimum Gasteiger partial charge on any atom is -0.497 e. The Morgan fingerprint density at radius 1 is 1.03 bits per heavy atom. The fourth-order valence-corrected chi connectivity index (χ4v) is 2.58. The van der Waals surface area contributed by atoms with Crippen LogP contribution >= 0.6 is 0 Å². The van der Waals surface area contributed by atoms with Gasteiger partial charge in [0, 0.05) is 11.1 Å². The Hall–Kier alpha value is -3.76. The molecule has 4 rings (SSSR count). The first-order chi connectivity index (χ1) is 13.9. The molecule has 4 aromatic rings. The van der Waals surface area contributed by atoms with E-state index in [2.05, 4.69) is 25.6 Å². The molecule has 0 atom stereocenters. The Morgan fingerprint density at radius 2 is 1.79 bits per heavy atom. The summed E-state index contributed by atoms with van der Waals surface area (Å²) in [7, 11) is 1.56. The van der Waals surface area contributed by atoms with Crippen molar-refractivity contribution < 1.29 is 22.4 Å². The highest BCUT2D eigenvalue weighted by atomic mass is 19.4. The highest BCUT2D eigenvalue weighted by Gasteiger charge is 2.30. The van der Waals surface area contributed by atoms with Crippen molar-refractivity contribution in [2.45, 2.75) is 12.7 Å². The lowest BCUT2D eigenvalue weighted by molar-refractivity contribution is -0.137. The number of nitrogens with zero attached hydrogens (tertiary/aromatic N) is 6. The molecule has 11 heteroatoms. The van der Waals surface area contributed by atoms with E-state index in [4.69, 9.17) is 9.26 Å². The summed E-state index contributed by atoms with van der Waals surface area (Å²) in [6.07, 6.45) is -4.45. The van der Waals surface area contributed by atoms with Crippen LogP contribution in [0.1, 0.15) is 11.5 Å². The van der Waals surface area contributed by atoms with Gasteiger partial charge in [-0.25, -0.2) is 0 Å². The largest absolute Gasteiger partial charge is 0.497 e. The van der Waals surface area contributed by atoms with E-state index in [0.717, 1.165) is 12.1 Å². The summed E-state index contributed by atoms with van der Waals surface area (Å²) in [6, 6.07) is 11.9. The number of benzene rings is 2. The van der Waals surface area contributed by atoms with E-state index in [1.165, 1.54) is 16.9 Å². The normalized spacial score (nSPS) is 11.6. The summed E-state index contributed by atoms with van der Waals surface area (Å²) in [5, 5.41) is 15.9. The van der Waals surface area contributed by atoms with Crippen molar-refractivity contribution in [2.24, 2.45) is 0 Å². The van der Waals surface area contributed by atoms with E-state index in [9.17, 15) is 13.2 Å². The lowest BCUT2D eigenvalue weighted by Crippen LogP contribution is -2.05. The van der Waals surface area contributed by atoms with Gasteiger partial charge in [0.1, 0.15) is 12.3 Å². The molecular formula is C18H13F3N6O2. The lowest BCUT2D eigenvalue weighted by atomic mass is 10.1. The molecule has 0 radical (unpaired) electrons. The average Bonchev–Trinajstić information content (AvgIpc) is 3.38. The van der Waals surface area contributed by atoms with E-state index in [1.54, 1.807) is 25.3 Å². The van der Waals surface area contributed by atoms with Crippen molar-refractivity contribution in [3.63, 3.8) is 0 Å². The monoisotopic (exact) mass is 402 g/mol. The third-order valence-electron chi connectivity index (χ3n) is 3.97. The maximum atomic E-state index is 12.9. The summed E-state index contributed by atoms with van der Waals surface area (Å²) in [5.41, 5.74) is 0.117. The first-order valence-corrected chi connectivity index (χ1v) is 8.35. The molecule has 2 aromatic carbocycles. The molecule has 0 amide bonds. The van der Waals surface area contributed by atoms with Gasteiger partial charge in [0.15, 0.2) is 0 Å². The molecule has 0 saturated heterocycles. The van der Waals surface area contributed by atoms with Crippen LogP contribution in [0.5, 0.6) is 5.75 Å². The molecule has 0 saturated carbocycles. The van der Waals surface area contributed by atoms with Crippen molar-refractivity contribution in [3.8, 4) is 28.5 Å². The van der Waals surface area contributed by atoms with Crippen molar-refractivity contribution in [3.05, 3.63) is 60.0 Å². The third-order valence-corrected chi connectivity index (χ3v) is 3.97. The number of aromatic nitrogens is 6. The predicted molar refractivity (Wildman–Crippen MR) is 93.6 cm³/mol. The Kier molecular flexibility index (Phi) is 4.71. The van der Waals surface area contributed by atoms with Crippen LogP contribution in [0.2, 0.25) is 0 Å². The minimum absolute atomic E-state index is 0.0168. The fourth-order valence-electron chi connectivity index (χ4n) is 2.58. The summed E-state index contributed by atoms with van der Waals surface area (Å²) < 4.78 is 48.9. The van der Waals surface area contributed by atoms with Crippen LogP contribution in [-0.2, 0) is 12.7 Å². The Labute approximate surface area is 161 Å². The Bertz CT molecular complexity index is 1140. The van der Waals surface area contributed by atoms with Crippen LogP contribution in [-0.4, -0.2) is 37.5 Å². The van der Waals surface area contributed by atoms with Crippen molar-refractivity contribution in [2.75, 3.05) is 7.11 Å². The first kappa shape index (κ1) is 18.6. The second kappa shape index (κ2) is 7.34. The van der Waals surface area contributed by atoms with Crippen molar-refractivity contribution in [1.82, 2.24) is 30.3 Å². The number of rotatable bonds is 5. The molecule has 2 heterocycles. The zero-order valence-corrected chi connectivity index (χ0v) is 15.0. The summed E-state index contributed by atoms with van der Waals surface area (Å²) >= 11 is 0. The van der Waals surface area contributed by atoms with Gasteiger partial charge < -0.3 is 9.26 Å². The Morgan fingerprint density at radius 3 is 2.55 bits per heavy atom. The number of tetrazole rings is 1. The van der Waals surface area contributed by atoms with Crippen LogP contribution in [0.3, 0.4) is 0 Å². The van der Waals surface area contributed by atoms with Crippen LogP contribution < -0.4 is 4.74 Å². The predicted octanol–water partition coefficient (Wildman–Crippen LogP) is 3.47. The zero-order chi connectivity index (χ0) is 20.4. The van der Waals surface area contributed by atoms with Crippen LogP contribution in [0.25, 0.3) is 22.8 Å². The quantitative estimate of drug-likeness (QED) is 0.505. The summed E-state index contributed by atoms with van der Waals surface area (Å²) in [4.78, 5) is 5.36. The summed E-state index contributed by atoms with van der Waals surface area (Å²) in [6.45, 7) is 0.0168. The fraction of sp³-hybridized carbons (Fsp3) is 0.167. The van der Waals surface area contributed by atoms with E-state index in [0.29, 0.717) is 17.1 Å². The molecule has 8 nitrogen and oxygen atoms in total. The molecule has 29 heavy (non-hydrogen) atoms. The first-order valence-electron chi connectivity index (χ1n) is 8.35. The molecule has 0 aliphatic carbocycles. The molecule has 0 unspecified atom stereocenters. The molecule has 148 valence electrons. The molecule has 0 N–H and O–H groups in total. The molecule has 0 aliphatic heterocycles. The zero-order valence-electron chi connectivity index (χ0n) is 15.0. The van der Waals surface area contributed by atoms with Gasteiger partial charge in [0.05, 0.1) is 12.7 Å². The maximum Gasteiger partial charge on any atom is 0.416 e. The van der Waals surface area contributed by atoms with Gasteiger partial charge in [-0.1, -0.05) is 29.4 Å². The second-order valence-electron chi connectivity index (χ2n) is 5.97. The number of methoxy groups -OCH3 is 1. The van der Waals surface area contributed by atoms with Crippen LogP contribution in [0.4, 0.5) is 13.2 Å². The van der Waals surface area contributed by atoms with Crippen molar-refractivity contribution in [1.29, 1.82) is 0 Å². The highest BCUT2D eigenvalue weighted by Crippen LogP contribution is 2.31. The molecule has 0 bridgehead atoms. The number of halogens is 3. The molecule has 0 aliphatic rings. The maximum absolute atomic E-state index is 12.9. The number of hydrogen-bond donors (Lipinski definition) is 0. The number of ether oxygens (including phenoxy) is 1. The van der Waals surface area contributed by atoms with Gasteiger partial charge in [-0.15, -0.1) is 10.2 Å². The number of alkyl halides is 3. The van der Waals surface area contributed by atoms with Crippen molar-refractivity contribution >= 4 is 0 Å². The standard InChI is InChI=1S/C18H13F3N6O2/c1-28-14-7-3-5-12(9-14)17-23-26-27(24-17)10-15-22-16(25-29-15)11-4-2-6-13(8-11)18(19,20)21/h2-9H,10H2,1H3. The molecule has 0 fully saturated rings. The average molecular weight is 402 g/mol. The van der Waals surface area contributed by atoms with E-state index >= 15 is 0 Å². The summed E-state index contributed by atoms with van der Waals surface area (Å²) in [5.74, 6) is 1.20. The van der Waals surface area contributed by atoms with E-state index in [1.807, 2.05) is 6.07 Å². The second-order valence-corrected chi connectivity index (χ2v) is 5.97. The van der Waals surface area contributed by atoms with E-state index < -0.39 is 11.7 Å². The molecular weight excluding hydrogens is 389 g/mol. The third kappa shape index (κ3) is 4.08. The van der Waals surface area contributed by atoms with Gasteiger partial charge >= 0.3 is 6.18 Å². The molecule has 0 spiro atoms. The Balaban J connectivity index is 1.52. The number of hydrogen-bond acceptors (Lipinski definition) is 7. The highest BCUT2D eigenvalue weighted by molar-refractivity contribution is 5.57. The van der Waals surface area contributed by atoms with Crippen LogP contribution in [0, 0.1) is 0 Å². The van der Waals surface area contributed by atoms with Gasteiger partial charge in [-0.2, -0.15) is 23.0 Å². The van der Waals surface area contributed by atoms with Gasteiger partial charge in [0.25, 0.3) is 5.89 Å². The van der Waals surface area contributed by atoms with E-state index in [-0.39, 0.29) is 23.8 Å². The smallest absolute Gasteiger partial charge is 0.416 e. The van der Waals surface area contributed by atoms with Gasteiger partial charge in [0.2, 0.25) is 11.6 Å². The lowest BCUT2D eigenvalue weighted by Gasteiger charge is -2.06. The van der Waals surface area contributed by atoms with Gasteiger partial charge in [-0.05, 0) is 29.5 Å².